The highest BCUT2D eigenvalue weighted by Crippen LogP contribution is 2.18. The third-order valence-electron chi connectivity index (χ3n) is 4.36. The molecular formula is C20H21FN2O6S. The molecule has 0 aliphatic carbocycles. The van der Waals surface area contributed by atoms with Crippen LogP contribution in [0.5, 0.6) is 0 Å². The number of hydrogen-bond donors (Lipinski definition) is 2. The predicted octanol–water partition coefficient (Wildman–Crippen LogP) is 2.08. The Balaban J connectivity index is 1.57. The molecule has 3 rings (SSSR count). The number of rotatable bonds is 8. The Bertz CT molecular complexity index is 1000. The van der Waals surface area contributed by atoms with Crippen molar-refractivity contribution in [1.29, 1.82) is 0 Å². The van der Waals surface area contributed by atoms with Crippen LogP contribution in [0, 0.1) is 5.82 Å². The number of benzene rings is 2. The van der Waals surface area contributed by atoms with Gasteiger partial charge in [-0.15, -0.1) is 0 Å². The lowest BCUT2D eigenvalue weighted by Crippen LogP contribution is -2.34. The van der Waals surface area contributed by atoms with Crippen LogP contribution in [0.25, 0.3) is 0 Å². The molecule has 0 unspecified atom stereocenters. The summed E-state index contributed by atoms with van der Waals surface area (Å²) in [6, 6.07) is 10.00. The van der Waals surface area contributed by atoms with Crippen LogP contribution in [-0.2, 0) is 24.3 Å². The van der Waals surface area contributed by atoms with Gasteiger partial charge in [0.1, 0.15) is 5.82 Å². The van der Waals surface area contributed by atoms with E-state index >= 15 is 0 Å². The molecule has 8 nitrogen and oxygen atoms in total. The molecule has 2 aromatic rings. The number of halogens is 1. The van der Waals surface area contributed by atoms with Gasteiger partial charge < -0.3 is 14.8 Å². The maximum Gasteiger partial charge on any atom is 0.338 e. The van der Waals surface area contributed by atoms with Crippen molar-refractivity contribution >= 4 is 27.6 Å². The summed E-state index contributed by atoms with van der Waals surface area (Å²) in [4.78, 5) is 23.8. The first-order chi connectivity index (χ1) is 14.3. The zero-order valence-corrected chi connectivity index (χ0v) is 16.8. The SMILES string of the molecule is O=C(COC(=O)c1cccc(S(=O)(=O)Nc2ccc(F)cc2)c1)NC[C@H]1CCCO1. The normalized spacial score (nSPS) is 16.1. The minimum absolute atomic E-state index is 0.0242. The minimum atomic E-state index is -4.00. The van der Waals surface area contributed by atoms with E-state index in [1.807, 2.05) is 0 Å². The molecule has 0 saturated carbocycles. The number of sulfonamides is 1. The topological polar surface area (TPSA) is 111 Å². The van der Waals surface area contributed by atoms with Gasteiger partial charge in [0.05, 0.1) is 16.6 Å². The first kappa shape index (κ1) is 21.7. The van der Waals surface area contributed by atoms with Gasteiger partial charge in [-0.25, -0.2) is 17.6 Å². The molecule has 2 N–H and O–H groups in total. The summed E-state index contributed by atoms with van der Waals surface area (Å²) in [5.74, 6) is -1.80. The molecule has 1 aliphatic rings. The summed E-state index contributed by atoms with van der Waals surface area (Å²) < 4.78 is 50.6. The van der Waals surface area contributed by atoms with Crippen LogP contribution >= 0.6 is 0 Å². The van der Waals surface area contributed by atoms with Crippen molar-refractivity contribution in [2.45, 2.75) is 23.8 Å². The fourth-order valence-corrected chi connectivity index (χ4v) is 3.92. The third-order valence-corrected chi connectivity index (χ3v) is 5.74. The van der Waals surface area contributed by atoms with Crippen LogP contribution in [0.15, 0.2) is 53.4 Å². The predicted molar refractivity (Wildman–Crippen MR) is 106 cm³/mol. The van der Waals surface area contributed by atoms with Crippen LogP contribution in [-0.4, -0.2) is 46.2 Å². The largest absolute Gasteiger partial charge is 0.452 e. The highest BCUT2D eigenvalue weighted by molar-refractivity contribution is 7.92. The van der Waals surface area contributed by atoms with Crippen molar-refractivity contribution in [3.63, 3.8) is 0 Å². The Kier molecular flexibility index (Phi) is 7.01. The van der Waals surface area contributed by atoms with Gasteiger partial charge >= 0.3 is 5.97 Å². The molecule has 30 heavy (non-hydrogen) atoms. The molecule has 1 atom stereocenters. The number of carbonyl (C=O) groups excluding carboxylic acids is 2. The molecule has 0 bridgehead atoms. The molecule has 0 aromatic heterocycles. The molecule has 1 aliphatic heterocycles. The first-order valence-electron chi connectivity index (χ1n) is 9.27. The van der Waals surface area contributed by atoms with Gasteiger partial charge in [0.2, 0.25) is 0 Å². The number of esters is 1. The lowest BCUT2D eigenvalue weighted by atomic mass is 10.2. The van der Waals surface area contributed by atoms with E-state index in [0.29, 0.717) is 13.2 Å². The molecule has 1 amide bonds. The summed E-state index contributed by atoms with van der Waals surface area (Å²) in [6.45, 7) is 0.528. The Labute approximate surface area is 173 Å². The quantitative estimate of drug-likeness (QED) is 0.613. The van der Waals surface area contributed by atoms with Crippen molar-refractivity contribution in [2.24, 2.45) is 0 Å². The van der Waals surface area contributed by atoms with Gasteiger partial charge in [-0.05, 0) is 55.3 Å². The second-order valence-electron chi connectivity index (χ2n) is 6.66. The lowest BCUT2D eigenvalue weighted by molar-refractivity contribution is -0.124. The smallest absolute Gasteiger partial charge is 0.338 e. The second kappa shape index (κ2) is 9.68. The molecule has 10 heteroatoms. The van der Waals surface area contributed by atoms with Crippen molar-refractivity contribution in [3.8, 4) is 0 Å². The fraction of sp³-hybridized carbons (Fsp3) is 0.300. The average Bonchev–Trinajstić information content (AvgIpc) is 3.26. The van der Waals surface area contributed by atoms with Crippen LogP contribution in [0.4, 0.5) is 10.1 Å². The van der Waals surface area contributed by atoms with Crippen LogP contribution in [0.1, 0.15) is 23.2 Å². The molecule has 1 saturated heterocycles. The fourth-order valence-electron chi connectivity index (χ4n) is 2.82. The molecule has 0 spiro atoms. The molecular weight excluding hydrogens is 415 g/mol. The van der Waals surface area contributed by atoms with E-state index in [2.05, 4.69) is 10.0 Å². The third kappa shape index (κ3) is 6.01. The van der Waals surface area contributed by atoms with E-state index in [1.165, 1.54) is 30.3 Å². The Hall–Kier alpha value is -2.98. The molecule has 2 aromatic carbocycles. The van der Waals surface area contributed by atoms with Crippen LogP contribution < -0.4 is 10.0 Å². The van der Waals surface area contributed by atoms with Gasteiger partial charge in [-0.1, -0.05) is 6.07 Å². The van der Waals surface area contributed by atoms with Crippen LogP contribution in [0.2, 0.25) is 0 Å². The van der Waals surface area contributed by atoms with E-state index in [0.717, 1.165) is 31.0 Å². The highest BCUT2D eigenvalue weighted by atomic mass is 32.2. The van der Waals surface area contributed by atoms with Gasteiger partial charge in [-0.3, -0.25) is 9.52 Å². The van der Waals surface area contributed by atoms with Gasteiger partial charge in [0.15, 0.2) is 6.61 Å². The monoisotopic (exact) mass is 436 g/mol. The number of ether oxygens (including phenoxy) is 2. The maximum atomic E-state index is 13.0. The first-order valence-corrected chi connectivity index (χ1v) is 10.8. The number of hydrogen-bond acceptors (Lipinski definition) is 6. The highest BCUT2D eigenvalue weighted by Gasteiger charge is 2.19. The summed E-state index contributed by atoms with van der Waals surface area (Å²) in [6.07, 6.45) is 1.79. The summed E-state index contributed by atoms with van der Waals surface area (Å²) in [7, 11) is -4.00. The molecule has 0 radical (unpaired) electrons. The van der Waals surface area contributed by atoms with Crippen molar-refractivity contribution < 1.29 is 31.9 Å². The second-order valence-corrected chi connectivity index (χ2v) is 8.34. The Morgan fingerprint density at radius 2 is 1.93 bits per heavy atom. The van der Waals surface area contributed by atoms with Gasteiger partial charge in [0.25, 0.3) is 15.9 Å². The minimum Gasteiger partial charge on any atom is -0.452 e. The van der Waals surface area contributed by atoms with E-state index in [1.54, 1.807) is 0 Å². The zero-order valence-electron chi connectivity index (χ0n) is 16.0. The zero-order chi connectivity index (χ0) is 21.6. The van der Waals surface area contributed by atoms with Crippen molar-refractivity contribution in [3.05, 3.63) is 59.9 Å². The number of amides is 1. The molecule has 1 heterocycles. The average molecular weight is 436 g/mol. The van der Waals surface area contributed by atoms with E-state index in [4.69, 9.17) is 9.47 Å². The Morgan fingerprint density at radius 3 is 2.63 bits per heavy atom. The Morgan fingerprint density at radius 1 is 1.17 bits per heavy atom. The van der Waals surface area contributed by atoms with Crippen LogP contribution in [0.3, 0.4) is 0 Å². The van der Waals surface area contributed by atoms with E-state index < -0.39 is 34.3 Å². The van der Waals surface area contributed by atoms with Gasteiger partial charge in [0, 0.05) is 18.8 Å². The summed E-state index contributed by atoms with van der Waals surface area (Å²) >= 11 is 0. The maximum absolute atomic E-state index is 13.0. The van der Waals surface area contributed by atoms with E-state index in [-0.39, 0.29) is 22.3 Å². The summed E-state index contributed by atoms with van der Waals surface area (Å²) in [5.41, 5.74) is 0.149. The lowest BCUT2D eigenvalue weighted by Gasteiger charge is -2.11. The van der Waals surface area contributed by atoms with Crippen molar-refractivity contribution in [1.82, 2.24) is 5.32 Å². The van der Waals surface area contributed by atoms with Gasteiger partial charge in [-0.2, -0.15) is 0 Å². The molecule has 1 fully saturated rings. The summed E-state index contributed by atoms with van der Waals surface area (Å²) in [5, 5.41) is 2.62. The van der Waals surface area contributed by atoms with E-state index in [9.17, 15) is 22.4 Å². The number of nitrogens with one attached hydrogen (secondary N) is 2. The number of anilines is 1. The number of carbonyl (C=O) groups is 2. The molecule has 160 valence electrons. The van der Waals surface area contributed by atoms with Crippen molar-refractivity contribution in [2.75, 3.05) is 24.5 Å². The standard InChI is InChI=1S/C20H21FN2O6S/c21-15-6-8-16(9-7-15)23-30(26,27)18-5-1-3-14(11-18)20(25)29-13-19(24)22-12-17-4-2-10-28-17/h1,3,5-9,11,17,23H,2,4,10,12-13H2,(H,22,24)/t17-/m1/s1.